The van der Waals surface area contributed by atoms with E-state index in [1.165, 1.54) is 24.3 Å². The fourth-order valence-electron chi connectivity index (χ4n) is 2.49. The summed E-state index contributed by atoms with van der Waals surface area (Å²) in [6.07, 6.45) is 0. The van der Waals surface area contributed by atoms with Crippen LogP contribution in [-0.4, -0.2) is 20.9 Å². The van der Waals surface area contributed by atoms with Gasteiger partial charge in [0.25, 0.3) is 10.0 Å². The van der Waals surface area contributed by atoms with Crippen LogP contribution in [0.25, 0.3) is 0 Å². The van der Waals surface area contributed by atoms with Gasteiger partial charge in [0, 0.05) is 11.6 Å². The number of rotatable bonds is 7. The van der Waals surface area contributed by atoms with Gasteiger partial charge in [-0.15, -0.1) is 11.3 Å². The predicted octanol–water partition coefficient (Wildman–Crippen LogP) is 4.05. The minimum absolute atomic E-state index is 0.0228. The summed E-state index contributed by atoms with van der Waals surface area (Å²) < 4.78 is 41.1. The standard InChI is InChI=1S/C19H16ClFN2O3S2/c20-15-7-2-1-6-14(15)12-22-18(24)13-23(17-9-4-3-8-16(17)21)28(25,26)19-10-5-11-27-19/h1-11H,12-13H2,(H,22,24). The smallest absolute Gasteiger partial charge is 0.274 e. The van der Waals surface area contributed by atoms with Crippen LogP contribution >= 0.6 is 22.9 Å². The molecule has 0 fully saturated rings. The maximum Gasteiger partial charge on any atom is 0.274 e. The fraction of sp³-hybridized carbons (Fsp3) is 0.105. The van der Waals surface area contributed by atoms with E-state index >= 15 is 0 Å². The lowest BCUT2D eigenvalue weighted by atomic mass is 10.2. The highest BCUT2D eigenvalue weighted by Crippen LogP contribution is 2.28. The molecule has 28 heavy (non-hydrogen) atoms. The fourth-order valence-corrected chi connectivity index (χ4v) is 5.23. The molecule has 146 valence electrons. The lowest BCUT2D eigenvalue weighted by Crippen LogP contribution is -2.40. The molecule has 0 aliphatic heterocycles. The average molecular weight is 439 g/mol. The number of hydrogen-bond donors (Lipinski definition) is 1. The molecule has 0 aliphatic rings. The quantitative estimate of drug-likeness (QED) is 0.605. The number of carbonyl (C=O) groups excluding carboxylic acids is 1. The summed E-state index contributed by atoms with van der Waals surface area (Å²) in [7, 11) is -4.09. The minimum Gasteiger partial charge on any atom is -0.350 e. The van der Waals surface area contributed by atoms with Gasteiger partial charge >= 0.3 is 0 Å². The first-order valence-electron chi connectivity index (χ1n) is 8.20. The molecule has 2 aromatic carbocycles. The van der Waals surface area contributed by atoms with Crippen molar-refractivity contribution in [3.63, 3.8) is 0 Å². The van der Waals surface area contributed by atoms with E-state index in [0.717, 1.165) is 21.7 Å². The molecule has 9 heteroatoms. The number of benzene rings is 2. The van der Waals surface area contributed by atoms with Crippen molar-refractivity contribution in [1.29, 1.82) is 0 Å². The number of carbonyl (C=O) groups is 1. The average Bonchev–Trinajstić information content (AvgIpc) is 3.22. The minimum atomic E-state index is -4.09. The summed E-state index contributed by atoms with van der Waals surface area (Å²) in [6, 6.07) is 15.4. The van der Waals surface area contributed by atoms with E-state index < -0.39 is 28.3 Å². The molecule has 3 aromatic rings. The van der Waals surface area contributed by atoms with Crippen molar-refractivity contribution in [1.82, 2.24) is 5.32 Å². The van der Waals surface area contributed by atoms with Crippen LogP contribution in [0.1, 0.15) is 5.56 Å². The van der Waals surface area contributed by atoms with Crippen molar-refractivity contribution in [3.05, 3.63) is 82.4 Å². The van der Waals surface area contributed by atoms with Crippen molar-refractivity contribution in [3.8, 4) is 0 Å². The first-order chi connectivity index (χ1) is 13.4. The lowest BCUT2D eigenvalue weighted by molar-refractivity contribution is -0.119. The Morgan fingerprint density at radius 1 is 1.07 bits per heavy atom. The van der Waals surface area contributed by atoms with E-state index in [-0.39, 0.29) is 16.4 Å². The number of anilines is 1. The SMILES string of the molecule is O=C(CN(c1ccccc1F)S(=O)(=O)c1cccs1)NCc1ccccc1Cl. The van der Waals surface area contributed by atoms with Gasteiger partial charge in [-0.3, -0.25) is 9.10 Å². The van der Waals surface area contributed by atoms with Gasteiger partial charge in [0.2, 0.25) is 5.91 Å². The molecule has 1 amide bonds. The van der Waals surface area contributed by atoms with Crippen molar-refractivity contribution in [2.45, 2.75) is 10.8 Å². The van der Waals surface area contributed by atoms with Gasteiger partial charge in [0.15, 0.2) is 0 Å². The number of thiophene rings is 1. The molecule has 1 aromatic heterocycles. The summed E-state index contributed by atoms with van der Waals surface area (Å²) in [4.78, 5) is 12.5. The van der Waals surface area contributed by atoms with Crippen LogP contribution in [0.4, 0.5) is 10.1 Å². The van der Waals surface area contributed by atoms with Gasteiger partial charge in [0.05, 0.1) is 5.69 Å². The maximum atomic E-state index is 14.3. The molecule has 1 heterocycles. The number of sulfonamides is 1. The lowest BCUT2D eigenvalue weighted by Gasteiger charge is -2.23. The molecule has 0 saturated heterocycles. The molecule has 0 saturated carbocycles. The summed E-state index contributed by atoms with van der Waals surface area (Å²) in [5.41, 5.74) is 0.500. The highest BCUT2D eigenvalue weighted by atomic mass is 35.5. The van der Waals surface area contributed by atoms with E-state index in [1.807, 2.05) is 0 Å². The Kier molecular flexibility index (Phi) is 6.33. The molecular weight excluding hydrogens is 423 g/mol. The Morgan fingerprint density at radius 3 is 2.46 bits per heavy atom. The van der Waals surface area contributed by atoms with Crippen LogP contribution in [0, 0.1) is 5.82 Å². The maximum absolute atomic E-state index is 14.3. The third-order valence-electron chi connectivity index (χ3n) is 3.88. The second kappa shape index (κ2) is 8.72. The summed E-state index contributed by atoms with van der Waals surface area (Å²) in [5, 5.41) is 4.72. The molecule has 0 unspecified atom stereocenters. The zero-order valence-corrected chi connectivity index (χ0v) is 16.9. The zero-order valence-electron chi connectivity index (χ0n) is 14.5. The number of nitrogens with zero attached hydrogens (tertiary/aromatic N) is 1. The molecule has 5 nitrogen and oxygen atoms in total. The number of nitrogens with one attached hydrogen (secondary N) is 1. The summed E-state index contributed by atoms with van der Waals surface area (Å²) in [6.45, 7) is -0.436. The predicted molar refractivity (Wildman–Crippen MR) is 109 cm³/mol. The van der Waals surface area contributed by atoms with Crippen LogP contribution in [0.2, 0.25) is 5.02 Å². The third-order valence-corrected chi connectivity index (χ3v) is 7.38. The molecule has 0 atom stereocenters. The summed E-state index contributed by atoms with van der Waals surface area (Å²) in [5.74, 6) is -1.31. The van der Waals surface area contributed by atoms with Crippen molar-refractivity contribution < 1.29 is 17.6 Å². The topological polar surface area (TPSA) is 66.5 Å². The van der Waals surface area contributed by atoms with Crippen molar-refractivity contribution in [2.75, 3.05) is 10.8 Å². The highest BCUT2D eigenvalue weighted by Gasteiger charge is 2.29. The van der Waals surface area contributed by atoms with Gasteiger partial charge in [-0.25, -0.2) is 12.8 Å². The van der Waals surface area contributed by atoms with Crippen molar-refractivity contribution in [2.24, 2.45) is 0 Å². The van der Waals surface area contributed by atoms with Gasteiger partial charge in [-0.05, 0) is 35.2 Å². The Morgan fingerprint density at radius 2 is 1.79 bits per heavy atom. The van der Waals surface area contributed by atoms with Gasteiger partial charge in [-0.1, -0.05) is 48.0 Å². The van der Waals surface area contributed by atoms with Gasteiger partial charge in [0.1, 0.15) is 16.6 Å². The number of halogens is 2. The molecule has 3 rings (SSSR count). The number of para-hydroxylation sites is 1. The van der Waals surface area contributed by atoms with Crippen LogP contribution in [0.3, 0.4) is 0 Å². The van der Waals surface area contributed by atoms with E-state index in [2.05, 4.69) is 5.32 Å². The van der Waals surface area contributed by atoms with Crippen LogP contribution < -0.4 is 9.62 Å². The Hall–Kier alpha value is -2.42. The molecular formula is C19H16ClFN2O3S2. The molecule has 0 aliphatic carbocycles. The van der Waals surface area contributed by atoms with Gasteiger partial charge in [-0.2, -0.15) is 0 Å². The highest BCUT2D eigenvalue weighted by molar-refractivity contribution is 7.94. The monoisotopic (exact) mass is 438 g/mol. The Labute approximate surface area is 171 Å². The summed E-state index contributed by atoms with van der Waals surface area (Å²) >= 11 is 7.06. The zero-order chi connectivity index (χ0) is 20.1. The van der Waals surface area contributed by atoms with E-state index in [9.17, 15) is 17.6 Å². The second-order valence-electron chi connectivity index (χ2n) is 5.76. The van der Waals surface area contributed by atoms with E-state index in [4.69, 9.17) is 11.6 Å². The number of amides is 1. The Bertz CT molecular complexity index is 1070. The normalized spacial score (nSPS) is 11.2. The third kappa shape index (κ3) is 4.52. The van der Waals surface area contributed by atoms with Crippen molar-refractivity contribution >= 4 is 44.6 Å². The second-order valence-corrected chi connectivity index (χ2v) is 9.21. The molecule has 0 spiro atoms. The first kappa shape index (κ1) is 20.3. The molecule has 1 N–H and O–H groups in total. The van der Waals surface area contributed by atoms with E-state index in [0.29, 0.717) is 10.6 Å². The van der Waals surface area contributed by atoms with Crippen LogP contribution in [-0.2, 0) is 21.4 Å². The first-order valence-corrected chi connectivity index (χ1v) is 10.9. The Balaban J connectivity index is 1.85. The van der Waals surface area contributed by atoms with E-state index in [1.54, 1.807) is 35.7 Å². The number of hydrogen-bond acceptors (Lipinski definition) is 4. The largest absolute Gasteiger partial charge is 0.350 e. The molecule has 0 radical (unpaired) electrons. The molecule has 0 bridgehead atoms. The van der Waals surface area contributed by atoms with Crippen LogP contribution in [0.5, 0.6) is 0 Å². The van der Waals surface area contributed by atoms with Gasteiger partial charge < -0.3 is 5.32 Å². The van der Waals surface area contributed by atoms with Crippen LogP contribution in [0.15, 0.2) is 70.3 Å².